The van der Waals surface area contributed by atoms with E-state index >= 15 is 14.4 Å². The molecule has 12 atom stereocenters. The quantitative estimate of drug-likeness (QED) is 0.0441. The lowest BCUT2D eigenvalue weighted by Gasteiger charge is -2.44. The number of nitrogens with one attached hydrogen (secondary N) is 2. The minimum atomic E-state index is -3.83. The zero-order chi connectivity index (χ0) is 64.0. The van der Waals surface area contributed by atoms with Crippen molar-refractivity contribution in [1.29, 1.82) is 0 Å². The number of carbonyl (C=O) groups is 10. The number of rotatable bonds is 12. The summed E-state index contributed by atoms with van der Waals surface area (Å²) in [5.41, 5.74) is -11.5. The van der Waals surface area contributed by atoms with Gasteiger partial charge in [-0.2, -0.15) is 11.8 Å². The molecule has 2 fully saturated rings. The average Bonchev–Trinajstić information content (AvgIpc) is 1.51. The number of phenolic OH excluding ortho intramolecular Hbond substituents is 11. The SMILES string of the molecule is CC(=O)NC(CSC(=O)C1(O)[C@@H](SCC(NC(C)=O)C(=O)O)[C@@H]2C(=O)O[C@H]3[C@@H]4OC(=O)c5cc(O)c(O)c(O)c5-c5c(cc(O)c(O)c5O)C(=O)OC[C@H]3O[C@@H](OC(=O)c3cc(O)c(O)c(O)c3)[C@@H]4OC(=O)c3cc(O)c(O)c4c3[C@H]2[C@@]1(O)O4)C(=O)O. The molecule has 4 aromatic rings. The van der Waals surface area contributed by atoms with Gasteiger partial charge >= 0.3 is 41.8 Å². The molecule has 2 amide bonds. The Morgan fingerprint density at radius 2 is 1.11 bits per heavy atom. The summed E-state index contributed by atoms with van der Waals surface area (Å²) in [4.78, 5) is 139. The number of phenols is 11. The maximum Gasteiger partial charge on any atom is 0.340 e. The Hall–Kier alpha value is -10.0. The Bertz CT molecular complexity index is 3680. The largest absolute Gasteiger partial charge is 0.504 e. The second-order valence-electron chi connectivity index (χ2n) is 19.7. The molecule has 0 spiro atoms. The number of aromatic hydroxyl groups is 11. The molecule has 0 aromatic heterocycles. The van der Waals surface area contributed by atoms with Gasteiger partial charge in [0.1, 0.15) is 24.8 Å². The first-order chi connectivity index (χ1) is 40.7. The van der Waals surface area contributed by atoms with Gasteiger partial charge in [0.15, 0.2) is 64.0 Å². The van der Waals surface area contributed by atoms with Crippen LogP contribution in [-0.2, 0) is 57.2 Å². The second-order valence-corrected chi connectivity index (χ2v) is 21.9. The lowest BCUT2D eigenvalue weighted by molar-refractivity contribution is -0.287. The van der Waals surface area contributed by atoms with Crippen molar-refractivity contribution < 1.29 is 158 Å². The number of aliphatic hydroxyl groups is 2. The zero-order valence-corrected chi connectivity index (χ0v) is 45.4. The summed E-state index contributed by atoms with van der Waals surface area (Å²) in [5.74, 6) is -41.9. The van der Waals surface area contributed by atoms with Crippen LogP contribution < -0.4 is 15.4 Å². The van der Waals surface area contributed by atoms with Gasteiger partial charge in [-0.3, -0.25) is 19.2 Å². The van der Waals surface area contributed by atoms with Gasteiger partial charge in [0.05, 0.1) is 39.3 Å². The third kappa shape index (κ3) is 10.3. The van der Waals surface area contributed by atoms with Crippen LogP contribution in [0.2, 0.25) is 0 Å². The number of benzene rings is 4. The fourth-order valence-corrected chi connectivity index (χ4v) is 13.2. The van der Waals surface area contributed by atoms with Crippen LogP contribution in [0.15, 0.2) is 30.3 Å². The third-order valence-corrected chi connectivity index (χ3v) is 16.9. The number of cyclic esters (lactones) is 1. The van der Waals surface area contributed by atoms with Gasteiger partial charge in [-0.1, -0.05) is 11.8 Å². The summed E-state index contributed by atoms with van der Waals surface area (Å²) in [6.07, 6.45) is -13.2. The molecular formula is C51H44N2O32S2. The Balaban J connectivity index is 1.30. The van der Waals surface area contributed by atoms with Crippen LogP contribution in [0.25, 0.3) is 11.1 Å². The van der Waals surface area contributed by atoms with Crippen LogP contribution in [0.1, 0.15) is 66.8 Å². The van der Waals surface area contributed by atoms with Crippen molar-refractivity contribution in [3.63, 3.8) is 0 Å². The molecular weight excluding hydrogens is 1220 g/mol. The van der Waals surface area contributed by atoms with Crippen molar-refractivity contribution in [2.24, 2.45) is 5.92 Å². The molecule has 4 heterocycles. The number of fused-ring (bicyclic) bond motifs is 3. The molecule has 36 heteroatoms. The van der Waals surface area contributed by atoms with Crippen LogP contribution in [0.5, 0.6) is 69.0 Å². The van der Waals surface area contributed by atoms with E-state index in [0.717, 1.165) is 13.8 Å². The van der Waals surface area contributed by atoms with E-state index < -0.39 is 256 Å². The zero-order valence-electron chi connectivity index (χ0n) is 43.7. The van der Waals surface area contributed by atoms with Crippen LogP contribution in [0.3, 0.4) is 0 Å². The molecule has 1 aliphatic carbocycles. The highest BCUT2D eigenvalue weighted by Gasteiger charge is 2.80. The summed E-state index contributed by atoms with van der Waals surface area (Å²) >= 11 is -0.0538. The Morgan fingerprint density at radius 3 is 1.67 bits per heavy atom. The van der Waals surface area contributed by atoms with Gasteiger partial charge in [0.25, 0.3) is 5.79 Å². The van der Waals surface area contributed by atoms with E-state index in [1.807, 2.05) is 5.32 Å². The summed E-state index contributed by atoms with van der Waals surface area (Å²) in [6, 6.07) is -1.86. The van der Waals surface area contributed by atoms with Gasteiger partial charge in [-0.05, 0) is 30.3 Å². The summed E-state index contributed by atoms with van der Waals surface area (Å²) in [7, 11) is 0. The van der Waals surface area contributed by atoms with Gasteiger partial charge < -0.3 is 120 Å². The first-order valence-electron chi connectivity index (χ1n) is 24.7. The molecule has 1 saturated heterocycles. The highest BCUT2D eigenvalue weighted by molar-refractivity contribution is 8.14. The molecule has 4 aliphatic heterocycles. The van der Waals surface area contributed by atoms with E-state index in [0.29, 0.717) is 30.3 Å². The molecule has 4 aromatic carbocycles. The molecule has 4 bridgehead atoms. The van der Waals surface area contributed by atoms with Crippen molar-refractivity contribution in [2.75, 3.05) is 18.1 Å². The second kappa shape index (κ2) is 22.4. The maximum atomic E-state index is 15.8. The van der Waals surface area contributed by atoms with E-state index in [9.17, 15) is 110 Å². The standard InChI is InChI=1S/C51H44N2O32S2/c1-11(54)52-17(41(67)68)9-86-40-28-29-27-16(7-23(60)33(64)37(27)85-51(29,78)50(40,77)49(76)87-10-18(42(69)70)53-12(2)55)46(74)83-39-38-36(81-47(28)75)24(80-48(39)84-43(71)13-3-19(56)30(61)20(57)4-13)8-79-44(72)14-5-21(58)31(62)34(65)25(14)26-15(45(73)82-38)6-22(59)32(63)35(26)66/h3-7,17-18,24,28-29,36,38-40,48,56-66,77-78H,8-10H2,1-2H3,(H,52,54)(H,53,55)(H,67,68)(H,69,70)/t17?,18?,24-,28-,29-,36-,38+,39-,40+,48+,50?,51-/m1/s1. The van der Waals surface area contributed by atoms with Gasteiger partial charge in [-0.15, -0.1) is 0 Å². The van der Waals surface area contributed by atoms with E-state index in [-0.39, 0.29) is 23.5 Å². The Morgan fingerprint density at radius 1 is 0.621 bits per heavy atom. The lowest BCUT2D eigenvalue weighted by atomic mass is 9.83. The highest BCUT2D eigenvalue weighted by atomic mass is 32.2. The number of thioether (sulfide) groups is 2. The monoisotopic (exact) mass is 1260 g/mol. The predicted octanol–water partition coefficient (Wildman–Crippen LogP) is -1.39. The van der Waals surface area contributed by atoms with Gasteiger partial charge in [0, 0.05) is 42.0 Å². The molecule has 0 radical (unpaired) electrons. The minimum Gasteiger partial charge on any atom is -0.504 e. The number of carbonyl (C=O) groups excluding carboxylic acids is 8. The molecule has 462 valence electrons. The smallest absolute Gasteiger partial charge is 0.340 e. The van der Waals surface area contributed by atoms with Gasteiger partial charge in [0.2, 0.25) is 52.2 Å². The molecule has 9 rings (SSSR count). The molecule has 87 heavy (non-hydrogen) atoms. The summed E-state index contributed by atoms with van der Waals surface area (Å²) in [5, 5.41) is 165. The molecule has 1 saturated carbocycles. The molecule has 5 aliphatic rings. The van der Waals surface area contributed by atoms with Crippen LogP contribution in [-0.4, -0.2) is 213 Å². The number of hydrogen-bond donors (Lipinski definition) is 17. The first-order valence-corrected chi connectivity index (χ1v) is 26.7. The van der Waals surface area contributed by atoms with Gasteiger partial charge in [-0.25, -0.2) is 28.8 Å². The predicted molar refractivity (Wildman–Crippen MR) is 277 cm³/mol. The first kappa shape index (κ1) is 61.5. The molecule has 17 N–H and O–H groups in total. The number of carboxylic acids is 2. The number of carboxylic acid groups (broad SMARTS) is 2. The average molecular weight is 1260 g/mol. The van der Waals surface area contributed by atoms with Crippen molar-refractivity contribution >= 4 is 82.2 Å². The normalized spacial score (nSPS) is 25.8. The summed E-state index contributed by atoms with van der Waals surface area (Å²) < 4.78 is 40.6. The van der Waals surface area contributed by atoms with Crippen molar-refractivity contribution in [2.45, 2.75) is 79.2 Å². The number of amides is 2. The number of hydrogen-bond acceptors (Lipinski definition) is 32. The highest BCUT2D eigenvalue weighted by Crippen LogP contribution is 2.67. The summed E-state index contributed by atoms with van der Waals surface area (Å²) in [6.45, 7) is 0.325. The molecule has 34 nitrogen and oxygen atoms in total. The van der Waals surface area contributed by atoms with Crippen molar-refractivity contribution in [1.82, 2.24) is 10.6 Å². The van der Waals surface area contributed by atoms with Crippen LogP contribution in [0.4, 0.5) is 0 Å². The van der Waals surface area contributed by atoms with Crippen molar-refractivity contribution in [3.8, 4) is 80.1 Å². The Labute approximate surface area is 490 Å². The third-order valence-electron chi connectivity index (χ3n) is 14.3. The topological polar surface area (TPSA) is 563 Å². The van der Waals surface area contributed by atoms with Crippen LogP contribution >= 0.6 is 23.5 Å². The minimum absolute atomic E-state index is 0.0950. The van der Waals surface area contributed by atoms with E-state index in [1.165, 1.54) is 0 Å². The van der Waals surface area contributed by atoms with Crippen LogP contribution in [0, 0.1) is 5.92 Å². The maximum absolute atomic E-state index is 15.8. The molecule has 3 unspecified atom stereocenters. The van der Waals surface area contributed by atoms with E-state index in [4.69, 9.17) is 33.2 Å². The van der Waals surface area contributed by atoms with E-state index in [2.05, 4.69) is 5.32 Å². The number of aliphatic carboxylic acids is 2. The number of esters is 5. The fraction of sp³-hybridized carbons (Fsp3) is 0.333. The lowest BCUT2D eigenvalue weighted by Crippen LogP contribution is -2.64. The number of ether oxygens (including phenoxy) is 7. The Kier molecular flexibility index (Phi) is 15.9. The van der Waals surface area contributed by atoms with Crippen molar-refractivity contribution in [3.05, 3.63) is 58.1 Å². The van der Waals surface area contributed by atoms with E-state index in [1.54, 1.807) is 0 Å². The fourth-order valence-electron chi connectivity index (χ4n) is 10.4.